The lowest BCUT2D eigenvalue weighted by atomic mass is 9.86. The molecule has 1 aromatic heterocycles. The van der Waals surface area contributed by atoms with E-state index in [2.05, 4.69) is 23.6 Å². The van der Waals surface area contributed by atoms with E-state index in [1.807, 2.05) is 38.1 Å². The third-order valence-electron chi connectivity index (χ3n) is 7.81. The highest BCUT2D eigenvalue weighted by Gasteiger charge is 2.36. The fourth-order valence-corrected chi connectivity index (χ4v) is 5.68. The van der Waals surface area contributed by atoms with Crippen LogP contribution >= 0.6 is 0 Å². The van der Waals surface area contributed by atoms with Crippen LogP contribution in [0, 0.1) is 5.41 Å². The molecule has 208 valence electrons. The van der Waals surface area contributed by atoms with Gasteiger partial charge in [0, 0.05) is 31.5 Å². The Kier molecular flexibility index (Phi) is 8.83. The zero-order chi connectivity index (χ0) is 28.2. The Morgan fingerprint density at radius 2 is 1.87 bits per heavy atom. The normalized spacial score (nSPS) is 18.7. The van der Waals surface area contributed by atoms with Crippen LogP contribution in [-0.4, -0.2) is 58.7 Å². The summed E-state index contributed by atoms with van der Waals surface area (Å²) in [7, 11) is 2.06. The van der Waals surface area contributed by atoms with Crippen LogP contribution in [0.3, 0.4) is 0 Å². The molecule has 2 aliphatic heterocycles. The number of nitrogens with zero attached hydrogens (tertiary/aromatic N) is 5. The molecule has 1 N–H and O–H groups in total. The van der Waals surface area contributed by atoms with Crippen molar-refractivity contribution in [3.63, 3.8) is 0 Å². The van der Waals surface area contributed by atoms with E-state index < -0.39 is 5.67 Å². The number of anilines is 1. The predicted molar refractivity (Wildman–Crippen MR) is 158 cm³/mol. The molecule has 2 aromatic rings. The van der Waals surface area contributed by atoms with Crippen LogP contribution in [0.2, 0.25) is 0 Å². The molecule has 0 spiro atoms. The van der Waals surface area contributed by atoms with Crippen LogP contribution in [0.4, 0.5) is 10.1 Å². The molecule has 0 atom stereocenters. The van der Waals surface area contributed by atoms with Crippen molar-refractivity contribution in [3.8, 4) is 0 Å². The Morgan fingerprint density at radius 3 is 2.59 bits per heavy atom. The van der Waals surface area contributed by atoms with Crippen molar-refractivity contribution in [2.24, 2.45) is 5.10 Å². The first-order chi connectivity index (χ1) is 18.8. The molecule has 7 nitrogen and oxygen atoms in total. The van der Waals surface area contributed by atoms with E-state index in [4.69, 9.17) is 10.4 Å². The number of aromatic nitrogens is 1. The summed E-state index contributed by atoms with van der Waals surface area (Å²) in [4.78, 5) is 21.3. The van der Waals surface area contributed by atoms with Gasteiger partial charge in [-0.05, 0) is 44.2 Å². The highest BCUT2D eigenvalue weighted by atomic mass is 19.1. The number of pyridine rings is 1. The maximum atomic E-state index is 15.7. The van der Waals surface area contributed by atoms with Crippen molar-refractivity contribution in [2.75, 3.05) is 25.0 Å². The van der Waals surface area contributed by atoms with Crippen LogP contribution in [0.25, 0.3) is 10.9 Å². The third kappa shape index (κ3) is 5.89. The number of amidine groups is 1. The predicted octanol–water partition coefficient (Wildman–Crippen LogP) is 6.80. The molecule has 3 heterocycles. The van der Waals surface area contributed by atoms with Crippen molar-refractivity contribution in [2.45, 2.75) is 77.8 Å². The van der Waals surface area contributed by atoms with Crippen LogP contribution < -0.4 is 4.90 Å². The molecule has 8 heteroatoms. The van der Waals surface area contributed by atoms with E-state index in [1.54, 1.807) is 12.3 Å². The number of carbonyl (C=O) groups excluding carboxylic acids is 1. The summed E-state index contributed by atoms with van der Waals surface area (Å²) in [5.74, 6) is -0.108. The number of halogens is 1. The van der Waals surface area contributed by atoms with E-state index in [9.17, 15) is 4.79 Å². The lowest BCUT2D eigenvalue weighted by Crippen LogP contribution is -2.43. The highest BCUT2D eigenvalue weighted by molar-refractivity contribution is 6.04. The van der Waals surface area contributed by atoms with Gasteiger partial charge in [-0.15, -0.1) is 0 Å². The maximum absolute atomic E-state index is 15.7. The van der Waals surface area contributed by atoms with E-state index in [-0.39, 0.29) is 18.3 Å². The third-order valence-corrected chi connectivity index (χ3v) is 7.81. The van der Waals surface area contributed by atoms with Gasteiger partial charge in [0.25, 0.3) is 0 Å². The minimum atomic E-state index is -1.39. The first kappa shape index (κ1) is 28.5. The molecule has 1 amide bonds. The van der Waals surface area contributed by atoms with Crippen LogP contribution in [0.5, 0.6) is 0 Å². The van der Waals surface area contributed by atoms with E-state index in [0.717, 1.165) is 61.7 Å². The molecule has 3 aliphatic rings. The average Bonchev–Trinajstić information content (AvgIpc) is 3.14. The SMILES string of the molecule is C=C1C2=C(C=NN1C(=N)c1ccc3cccc(N(CC4(F)CCCCC4)C(C)=O)c3n1)N(C)CCCC2.CC. The molecule has 1 aliphatic carbocycles. The number of allylic oxidation sites excluding steroid dienone is 2. The zero-order valence-electron chi connectivity index (χ0n) is 23.8. The Morgan fingerprint density at radius 1 is 1.13 bits per heavy atom. The number of hydrogen-bond acceptors (Lipinski definition) is 5. The zero-order valence-corrected chi connectivity index (χ0v) is 23.8. The second-order valence-corrected chi connectivity index (χ2v) is 10.5. The van der Waals surface area contributed by atoms with Crippen molar-refractivity contribution < 1.29 is 9.18 Å². The van der Waals surface area contributed by atoms with Gasteiger partial charge >= 0.3 is 0 Å². The molecule has 1 fully saturated rings. The molecule has 0 radical (unpaired) electrons. The second-order valence-electron chi connectivity index (χ2n) is 10.5. The smallest absolute Gasteiger partial charge is 0.224 e. The molecular weight excluding hydrogens is 491 g/mol. The number of alkyl halides is 1. The minimum Gasteiger partial charge on any atom is -0.373 e. The summed E-state index contributed by atoms with van der Waals surface area (Å²) >= 11 is 0. The number of fused-ring (bicyclic) bond motifs is 1. The van der Waals surface area contributed by atoms with E-state index in [0.29, 0.717) is 35.4 Å². The maximum Gasteiger partial charge on any atom is 0.224 e. The Hall–Kier alpha value is -3.55. The molecule has 0 bridgehead atoms. The van der Waals surface area contributed by atoms with Crippen LogP contribution in [0.1, 0.15) is 77.8 Å². The van der Waals surface area contributed by atoms with Crippen molar-refractivity contribution in [3.05, 3.63) is 59.6 Å². The summed E-state index contributed by atoms with van der Waals surface area (Å²) in [6.07, 6.45) is 8.50. The van der Waals surface area contributed by atoms with Gasteiger partial charge in [0.15, 0.2) is 5.84 Å². The fraction of sp³-hybridized carbons (Fsp3) is 0.484. The number of hydrogen-bond donors (Lipinski definition) is 1. The largest absolute Gasteiger partial charge is 0.373 e. The lowest BCUT2D eigenvalue weighted by molar-refractivity contribution is -0.117. The summed E-state index contributed by atoms with van der Waals surface area (Å²) in [6.45, 7) is 10.7. The van der Waals surface area contributed by atoms with Crippen molar-refractivity contribution in [1.82, 2.24) is 14.9 Å². The number of benzene rings is 1. The van der Waals surface area contributed by atoms with Crippen LogP contribution in [0.15, 0.2) is 59.0 Å². The topological polar surface area (TPSA) is 75.9 Å². The van der Waals surface area contributed by atoms with Gasteiger partial charge in [0.05, 0.1) is 35.4 Å². The number of hydrazone groups is 1. The Labute approximate surface area is 231 Å². The second kappa shape index (κ2) is 12.1. The first-order valence-corrected chi connectivity index (χ1v) is 14.2. The van der Waals surface area contributed by atoms with Gasteiger partial charge in [-0.1, -0.05) is 57.9 Å². The number of amides is 1. The highest BCUT2D eigenvalue weighted by Crippen LogP contribution is 2.36. The monoisotopic (exact) mass is 532 g/mol. The van der Waals surface area contributed by atoms with Crippen molar-refractivity contribution in [1.29, 1.82) is 5.41 Å². The fourth-order valence-electron chi connectivity index (χ4n) is 5.68. The summed E-state index contributed by atoms with van der Waals surface area (Å²) < 4.78 is 15.7. The number of rotatable bonds is 4. The van der Waals surface area contributed by atoms with E-state index >= 15 is 4.39 Å². The number of para-hydroxylation sites is 1. The quantitative estimate of drug-likeness (QED) is 0.347. The molecule has 5 rings (SSSR count). The van der Waals surface area contributed by atoms with Gasteiger partial charge in [0.1, 0.15) is 11.4 Å². The number of nitrogens with one attached hydrogen (secondary N) is 1. The Bertz CT molecular complexity index is 1310. The van der Waals surface area contributed by atoms with E-state index in [1.165, 1.54) is 16.8 Å². The van der Waals surface area contributed by atoms with Gasteiger partial charge in [-0.25, -0.2) is 14.4 Å². The van der Waals surface area contributed by atoms with Gasteiger partial charge < -0.3 is 9.80 Å². The minimum absolute atomic E-state index is 0.0163. The lowest BCUT2D eigenvalue weighted by Gasteiger charge is -2.35. The van der Waals surface area contributed by atoms with Gasteiger partial charge in [0.2, 0.25) is 5.91 Å². The van der Waals surface area contributed by atoms with Gasteiger partial charge in [-0.3, -0.25) is 10.2 Å². The molecule has 0 unspecified atom stereocenters. The molecule has 0 saturated heterocycles. The number of carbonyl (C=O) groups is 1. The van der Waals surface area contributed by atoms with Crippen LogP contribution in [-0.2, 0) is 4.79 Å². The first-order valence-electron chi connectivity index (χ1n) is 14.2. The molecule has 39 heavy (non-hydrogen) atoms. The molecule has 1 aromatic carbocycles. The molecular formula is C31H41FN6O. The van der Waals surface area contributed by atoms with Gasteiger partial charge in [-0.2, -0.15) is 5.10 Å². The summed E-state index contributed by atoms with van der Waals surface area (Å²) in [5.41, 5.74) is 3.01. The summed E-state index contributed by atoms with van der Waals surface area (Å²) in [5, 5.41) is 15.9. The standard InChI is InChI=1S/C29H35FN6O.C2H6/c1-20-23-11-5-8-17-34(3)26(23)18-32-36(20)28(31)24-14-13-22-10-9-12-25(27(22)33-24)35(21(2)37)19-29(30)15-6-4-7-16-29;1-2/h9-10,12-14,18,31H,1,4-8,11,15-17,19H2,2-3H3;1-2H3. The summed E-state index contributed by atoms with van der Waals surface area (Å²) in [6, 6.07) is 9.27. The average molecular weight is 533 g/mol. The molecule has 1 saturated carbocycles. The Balaban J connectivity index is 0.00000172. The van der Waals surface area contributed by atoms with Crippen molar-refractivity contribution >= 4 is 34.5 Å².